The molecule has 5 N–H and O–H groups in total. The number of pyridine rings is 1. The molecule has 1 aromatic carbocycles. The van der Waals surface area contributed by atoms with E-state index in [0.717, 1.165) is 51.1 Å². The number of anilines is 2. The molecular formula is C25H35N7O2. The molecule has 9 nitrogen and oxygen atoms in total. The van der Waals surface area contributed by atoms with Crippen molar-refractivity contribution in [2.45, 2.75) is 45.3 Å². The van der Waals surface area contributed by atoms with Crippen molar-refractivity contribution in [3.63, 3.8) is 0 Å². The maximum atomic E-state index is 13.4. The van der Waals surface area contributed by atoms with Crippen molar-refractivity contribution in [2.75, 3.05) is 43.8 Å². The SMILES string of the molecule is CCC[C@@H](CCO)Nc1nc(N)nc2ccn(Cc3ccc(CN4CCNCC4)cc3)c(=O)c12. The second kappa shape index (κ2) is 11.4. The maximum Gasteiger partial charge on any atom is 0.264 e. The molecule has 3 aromatic rings. The van der Waals surface area contributed by atoms with E-state index in [1.807, 2.05) is 0 Å². The number of nitrogens with two attached hydrogens (primary N) is 1. The topological polar surface area (TPSA) is 121 Å². The lowest BCUT2D eigenvalue weighted by molar-refractivity contribution is 0.233. The summed E-state index contributed by atoms with van der Waals surface area (Å²) in [6.07, 6.45) is 4.13. The van der Waals surface area contributed by atoms with Gasteiger partial charge in [0.25, 0.3) is 5.56 Å². The van der Waals surface area contributed by atoms with Crippen molar-refractivity contribution >= 4 is 22.7 Å². The van der Waals surface area contributed by atoms with Gasteiger partial charge in [-0.15, -0.1) is 0 Å². The molecule has 1 fully saturated rings. The highest BCUT2D eigenvalue weighted by Crippen LogP contribution is 2.20. The minimum absolute atomic E-state index is 0.00351. The summed E-state index contributed by atoms with van der Waals surface area (Å²) < 4.78 is 1.68. The van der Waals surface area contributed by atoms with Gasteiger partial charge in [0.1, 0.15) is 11.2 Å². The van der Waals surface area contributed by atoms with Crippen molar-refractivity contribution in [1.82, 2.24) is 24.8 Å². The molecule has 1 saturated heterocycles. The zero-order chi connectivity index (χ0) is 23.9. The first-order chi connectivity index (χ1) is 16.6. The van der Waals surface area contributed by atoms with Gasteiger partial charge in [-0.05, 0) is 30.0 Å². The van der Waals surface area contributed by atoms with Crippen LogP contribution in [0.1, 0.15) is 37.3 Å². The second-order valence-corrected chi connectivity index (χ2v) is 8.92. The third-order valence-electron chi connectivity index (χ3n) is 6.29. The Morgan fingerprint density at radius 3 is 2.47 bits per heavy atom. The predicted molar refractivity (Wildman–Crippen MR) is 136 cm³/mol. The number of aromatic nitrogens is 3. The molecule has 0 bridgehead atoms. The Bertz CT molecular complexity index is 1130. The molecule has 0 radical (unpaired) electrons. The summed E-state index contributed by atoms with van der Waals surface area (Å²) in [7, 11) is 0. The lowest BCUT2D eigenvalue weighted by atomic mass is 10.1. The van der Waals surface area contributed by atoms with Crippen LogP contribution in [-0.2, 0) is 13.1 Å². The lowest BCUT2D eigenvalue weighted by Gasteiger charge is -2.27. The number of hydrogen-bond acceptors (Lipinski definition) is 8. The van der Waals surface area contributed by atoms with Crippen molar-refractivity contribution in [3.8, 4) is 0 Å². The Morgan fingerprint density at radius 2 is 1.79 bits per heavy atom. The van der Waals surface area contributed by atoms with Gasteiger partial charge < -0.3 is 26.0 Å². The van der Waals surface area contributed by atoms with Gasteiger partial charge >= 0.3 is 0 Å². The zero-order valence-electron chi connectivity index (χ0n) is 19.8. The molecular weight excluding hydrogens is 430 g/mol. The number of aliphatic hydroxyl groups is 1. The van der Waals surface area contributed by atoms with Crippen molar-refractivity contribution in [1.29, 1.82) is 0 Å². The lowest BCUT2D eigenvalue weighted by Crippen LogP contribution is -2.42. The quantitative estimate of drug-likeness (QED) is 0.358. The fraction of sp³-hybridized carbons (Fsp3) is 0.480. The summed E-state index contributed by atoms with van der Waals surface area (Å²) >= 11 is 0. The summed E-state index contributed by atoms with van der Waals surface area (Å²) in [6, 6.07) is 10.3. The fourth-order valence-electron chi connectivity index (χ4n) is 4.49. The molecule has 0 saturated carbocycles. The van der Waals surface area contributed by atoms with Crippen molar-refractivity contribution in [3.05, 3.63) is 58.0 Å². The highest BCUT2D eigenvalue weighted by atomic mass is 16.3. The van der Waals surface area contributed by atoms with Gasteiger partial charge in [-0.1, -0.05) is 37.6 Å². The van der Waals surface area contributed by atoms with Gasteiger partial charge in [-0.3, -0.25) is 9.69 Å². The molecule has 0 aliphatic carbocycles. The summed E-state index contributed by atoms with van der Waals surface area (Å²) in [5.74, 6) is 0.548. The van der Waals surface area contributed by atoms with E-state index in [0.29, 0.717) is 29.7 Å². The number of nitrogens with zero attached hydrogens (tertiary/aromatic N) is 4. The van der Waals surface area contributed by atoms with E-state index in [1.54, 1.807) is 16.8 Å². The predicted octanol–water partition coefficient (Wildman–Crippen LogP) is 1.79. The molecule has 1 aliphatic rings. The van der Waals surface area contributed by atoms with Gasteiger partial charge in [0.05, 0.1) is 12.1 Å². The van der Waals surface area contributed by atoms with E-state index < -0.39 is 0 Å². The Kier molecular flexibility index (Phi) is 8.10. The monoisotopic (exact) mass is 465 g/mol. The van der Waals surface area contributed by atoms with Crippen LogP contribution < -0.4 is 21.9 Å². The van der Waals surface area contributed by atoms with E-state index in [1.165, 1.54) is 5.56 Å². The Balaban J connectivity index is 1.56. The first kappa shape index (κ1) is 24.1. The van der Waals surface area contributed by atoms with Crippen LogP contribution in [0.15, 0.2) is 41.3 Å². The minimum atomic E-state index is -0.163. The molecule has 2 aromatic heterocycles. The average Bonchev–Trinajstić information content (AvgIpc) is 2.83. The molecule has 1 aliphatic heterocycles. The van der Waals surface area contributed by atoms with E-state index in [4.69, 9.17) is 5.73 Å². The summed E-state index contributed by atoms with van der Waals surface area (Å²) in [5, 5.41) is 16.5. The van der Waals surface area contributed by atoms with Crippen LogP contribution in [0, 0.1) is 0 Å². The Hall–Kier alpha value is -3.01. The molecule has 0 spiro atoms. The van der Waals surface area contributed by atoms with E-state index in [-0.39, 0.29) is 24.2 Å². The van der Waals surface area contributed by atoms with Crippen LogP contribution in [0.2, 0.25) is 0 Å². The normalized spacial score (nSPS) is 15.5. The number of nitrogen functional groups attached to an aromatic ring is 1. The number of benzene rings is 1. The van der Waals surface area contributed by atoms with Crippen LogP contribution in [0.25, 0.3) is 10.9 Å². The summed E-state index contributed by atoms with van der Waals surface area (Å²) in [4.78, 5) is 24.5. The third kappa shape index (κ3) is 5.91. The van der Waals surface area contributed by atoms with Gasteiger partial charge in [0.2, 0.25) is 5.95 Å². The first-order valence-corrected chi connectivity index (χ1v) is 12.1. The molecule has 0 amide bonds. The smallest absolute Gasteiger partial charge is 0.264 e. The minimum Gasteiger partial charge on any atom is -0.396 e. The highest BCUT2D eigenvalue weighted by molar-refractivity contribution is 5.89. The molecule has 1 atom stereocenters. The highest BCUT2D eigenvalue weighted by Gasteiger charge is 2.16. The van der Waals surface area contributed by atoms with Crippen LogP contribution in [0.3, 0.4) is 0 Å². The number of fused-ring (bicyclic) bond motifs is 1. The number of piperazine rings is 1. The second-order valence-electron chi connectivity index (χ2n) is 8.92. The van der Waals surface area contributed by atoms with Gasteiger partial charge in [0.15, 0.2) is 0 Å². The fourth-order valence-corrected chi connectivity index (χ4v) is 4.49. The first-order valence-electron chi connectivity index (χ1n) is 12.1. The molecule has 9 heteroatoms. The van der Waals surface area contributed by atoms with Crippen LogP contribution in [0.4, 0.5) is 11.8 Å². The van der Waals surface area contributed by atoms with Crippen molar-refractivity contribution in [2.24, 2.45) is 0 Å². The third-order valence-corrected chi connectivity index (χ3v) is 6.29. The molecule has 4 rings (SSSR count). The summed E-state index contributed by atoms with van der Waals surface area (Å²) in [6.45, 7) is 7.75. The Morgan fingerprint density at radius 1 is 1.09 bits per heavy atom. The van der Waals surface area contributed by atoms with Crippen LogP contribution >= 0.6 is 0 Å². The van der Waals surface area contributed by atoms with Crippen LogP contribution in [0.5, 0.6) is 0 Å². The molecule has 0 unspecified atom stereocenters. The largest absolute Gasteiger partial charge is 0.396 e. The number of hydrogen-bond donors (Lipinski definition) is 4. The molecule has 34 heavy (non-hydrogen) atoms. The molecule has 3 heterocycles. The number of rotatable bonds is 10. The maximum absolute atomic E-state index is 13.4. The molecule has 182 valence electrons. The average molecular weight is 466 g/mol. The number of aliphatic hydroxyl groups excluding tert-OH is 1. The zero-order valence-corrected chi connectivity index (χ0v) is 19.8. The van der Waals surface area contributed by atoms with Gasteiger partial charge in [-0.2, -0.15) is 4.98 Å². The van der Waals surface area contributed by atoms with E-state index >= 15 is 0 Å². The number of nitrogens with one attached hydrogen (secondary N) is 2. The van der Waals surface area contributed by atoms with E-state index in [2.05, 4.69) is 56.7 Å². The summed E-state index contributed by atoms with van der Waals surface area (Å²) in [5.41, 5.74) is 8.60. The standard InChI is InChI=1S/C25H35N7O2/c1-2-3-20(9-15-33)28-23-22-21(29-25(26)30-23)8-12-32(24(22)34)17-19-6-4-18(5-7-19)16-31-13-10-27-11-14-31/h4-8,12,20,27,33H,2-3,9-11,13-17H2,1H3,(H3,26,28,29,30)/t20-/m0/s1. The van der Waals surface area contributed by atoms with Gasteiger partial charge in [0, 0.05) is 51.6 Å². The van der Waals surface area contributed by atoms with Crippen molar-refractivity contribution < 1.29 is 5.11 Å². The van der Waals surface area contributed by atoms with E-state index in [9.17, 15) is 9.90 Å². The Labute approximate surface area is 200 Å². The van der Waals surface area contributed by atoms with Crippen LogP contribution in [-0.4, -0.2) is 63.4 Å². The van der Waals surface area contributed by atoms with Gasteiger partial charge in [-0.25, -0.2) is 4.98 Å².